The van der Waals surface area contributed by atoms with Crippen molar-refractivity contribution < 1.29 is 4.74 Å². The smallest absolute Gasteiger partial charge is 0.0604 e. The second-order valence-corrected chi connectivity index (χ2v) is 6.01. The number of rotatable bonds is 7. The molecule has 2 heteroatoms. The van der Waals surface area contributed by atoms with Crippen LogP contribution in [0.3, 0.4) is 0 Å². The van der Waals surface area contributed by atoms with Gasteiger partial charge in [-0.15, -0.1) is 0 Å². The predicted octanol–water partition coefficient (Wildman–Crippen LogP) is 3.93. The van der Waals surface area contributed by atoms with Crippen molar-refractivity contribution in [1.29, 1.82) is 0 Å². The SMILES string of the molecule is CCOC1CC(NC(CC(C)C)c2ccccc2)C1. The average Bonchev–Trinajstić information content (AvgIpc) is 2.36. The molecule has 0 radical (unpaired) electrons. The van der Waals surface area contributed by atoms with E-state index in [2.05, 4.69) is 56.4 Å². The highest BCUT2D eigenvalue weighted by molar-refractivity contribution is 5.19. The van der Waals surface area contributed by atoms with E-state index in [0.29, 0.717) is 24.1 Å². The second-order valence-electron chi connectivity index (χ2n) is 6.01. The summed E-state index contributed by atoms with van der Waals surface area (Å²) < 4.78 is 5.64. The van der Waals surface area contributed by atoms with Gasteiger partial charge in [0.05, 0.1) is 6.10 Å². The van der Waals surface area contributed by atoms with Crippen LogP contribution in [0.5, 0.6) is 0 Å². The summed E-state index contributed by atoms with van der Waals surface area (Å²) >= 11 is 0. The normalized spacial score (nSPS) is 24.2. The van der Waals surface area contributed by atoms with Gasteiger partial charge in [-0.3, -0.25) is 0 Å². The molecular formula is C17H27NO. The topological polar surface area (TPSA) is 21.3 Å². The summed E-state index contributed by atoms with van der Waals surface area (Å²) in [5.41, 5.74) is 1.41. The first kappa shape index (κ1) is 14.5. The Morgan fingerprint density at radius 2 is 1.89 bits per heavy atom. The van der Waals surface area contributed by atoms with Crippen molar-refractivity contribution in [1.82, 2.24) is 5.32 Å². The fourth-order valence-electron chi connectivity index (χ4n) is 2.82. The van der Waals surface area contributed by atoms with E-state index in [4.69, 9.17) is 4.74 Å². The van der Waals surface area contributed by atoms with Crippen LogP contribution in [0, 0.1) is 5.92 Å². The lowest BCUT2D eigenvalue weighted by Gasteiger charge is -2.38. The zero-order valence-corrected chi connectivity index (χ0v) is 12.4. The number of hydrogen-bond acceptors (Lipinski definition) is 2. The van der Waals surface area contributed by atoms with Gasteiger partial charge in [-0.1, -0.05) is 44.2 Å². The quantitative estimate of drug-likeness (QED) is 0.803. The number of nitrogens with one attached hydrogen (secondary N) is 1. The average molecular weight is 261 g/mol. The van der Waals surface area contributed by atoms with Crippen molar-refractivity contribution in [2.45, 2.75) is 58.2 Å². The molecule has 0 spiro atoms. The van der Waals surface area contributed by atoms with Crippen LogP contribution < -0.4 is 5.32 Å². The number of ether oxygens (including phenoxy) is 1. The molecule has 1 saturated carbocycles. The Kier molecular flexibility index (Phi) is 5.41. The molecule has 0 aromatic heterocycles. The first-order valence-corrected chi connectivity index (χ1v) is 7.61. The van der Waals surface area contributed by atoms with Crippen molar-refractivity contribution in [3.05, 3.63) is 35.9 Å². The molecule has 0 aliphatic heterocycles. The molecule has 0 saturated heterocycles. The van der Waals surface area contributed by atoms with Crippen LogP contribution >= 0.6 is 0 Å². The first-order valence-electron chi connectivity index (χ1n) is 7.61. The van der Waals surface area contributed by atoms with Gasteiger partial charge in [0, 0.05) is 18.7 Å². The molecule has 0 amide bonds. The molecule has 1 aliphatic carbocycles. The maximum atomic E-state index is 5.64. The largest absolute Gasteiger partial charge is 0.378 e. The minimum atomic E-state index is 0.480. The molecule has 2 nitrogen and oxygen atoms in total. The molecule has 1 aromatic rings. The maximum absolute atomic E-state index is 5.64. The van der Waals surface area contributed by atoms with Gasteiger partial charge >= 0.3 is 0 Å². The van der Waals surface area contributed by atoms with E-state index in [1.807, 2.05) is 0 Å². The van der Waals surface area contributed by atoms with Crippen molar-refractivity contribution in [3.8, 4) is 0 Å². The molecule has 1 fully saturated rings. The van der Waals surface area contributed by atoms with Crippen molar-refractivity contribution in [3.63, 3.8) is 0 Å². The van der Waals surface area contributed by atoms with Gasteiger partial charge in [0.15, 0.2) is 0 Å². The van der Waals surface area contributed by atoms with E-state index in [1.54, 1.807) is 0 Å². The number of benzene rings is 1. The van der Waals surface area contributed by atoms with E-state index in [9.17, 15) is 0 Å². The molecule has 1 aliphatic rings. The van der Waals surface area contributed by atoms with Gasteiger partial charge in [0.2, 0.25) is 0 Å². The molecule has 1 aromatic carbocycles. The molecule has 2 rings (SSSR count). The zero-order valence-electron chi connectivity index (χ0n) is 12.4. The lowest BCUT2D eigenvalue weighted by Crippen LogP contribution is -2.47. The van der Waals surface area contributed by atoms with Crippen LogP contribution in [-0.4, -0.2) is 18.8 Å². The monoisotopic (exact) mass is 261 g/mol. The second kappa shape index (κ2) is 7.06. The summed E-state index contributed by atoms with van der Waals surface area (Å²) in [5.74, 6) is 0.709. The molecule has 1 unspecified atom stereocenters. The molecule has 19 heavy (non-hydrogen) atoms. The van der Waals surface area contributed by atoms with Gasteiger partial charge in [-0.2, -0.15) is 0 Å². The fraction of sp³-hybridized carbons (Fsp3) is 0.647. The fourth-order valence-corrected chi connectivity index (χ4v) is 2.82. The Morgan fingerprint density at radius 3 is 2.47 bits per heavy atom. The van der Waals surface area contributed by atoms with Crippen LogP contribution in [0.1, 0.15) is 51.6 Å². The lowest BCUT2D eigenvalue weighted by molar-refractivity contribution is -0.0130. The first-order chi connectivity index (χ1) is 9.19. The molecule has 1 N–H and O–H groups in total. The maximum Gasteiger partial charge on any atom is 0.0604 e. The van der Waals surface area contributed by atoms with E-state index in [0.717, 1.165) is 19.4 Å². The molecule has 0 bridgehead atoms. The lowest BCUT2D eigenvalue weighted by atomic mass is 9.86. The van der Waals surface area contributed by atoms with Crippen LogP contribution in [0.4, 0.5) is 0 Å². The van der Waals surface area contributed by atoms with E-state index in [-0.39, 0.29) is 0 Å². The molecule has 0 heterocycles. The molecule has 106 valence electrons. The predicted molar refractivity (Wildman–Crippen MR) is 80.2 cm³/mol. The summed E-state index contributed by atoms with van der Waals surface area (Å²) in [4.78, 5) is 0. The van der Waals surface area contributed by atoms with Gasteiger partial charge in [0.1, 0.15) is 0 Å². The minimum Gasteiger partial charge on any atom is -0.378 e. The molecule has 1 atom stereocenters. The van der Waals surface area contributed by atoms with E-state index >= 15 is 0 Å². The Morgan fingerprint density at radius 1 is 1.21 bits per heavy atom. The Labute approximate surface area is 117 Å². The van der Waals surface area contributed by atoms with Gasteiger partial charge in [0.25, 0.3) is 0 Å². The highest BCUT2D eigenvalue weighted by Gasteiger charge is 2.31. The van der Waals surface area contributed by atoms with Gasteiger partial charge in [-0.25, -0.2) is 0 Å². The Bertz CT molecular complexity index is 357. The van der Waals surface area contributed by atoms with Crippen LogP contribution in [0.25, 0.3) is 0 Å². The van der Waals surface area contributed by atoms with E-state index in [1.165, 1.54) is 12.0 Å². The third kappa shape index (κ3) is 4.32. The number of hydrogen-bond donors (Lipinski definition) is 1. The Hall–Kier alpha value is -0.860. The van der Waals surface area contributed by atoms with Crippen LogP contribution in [0.2, 0.25) is 0 Å². The third-order valence-corrected chi connectivity index (χ3v) is 3.84. The van der Waals surface area contributed by atoms with Crippen molar-refractivity contribution in [2.24, 2.45) is 5.92 Å². The highest BCUT2D eigenvalue weighted by atomic mass is 16.5. The van der Waals surface area contributed by atoms with Crippen molar-refractivity contribution in [2.75, 3.05) is 6.61 Å². The van der Waals surface area contributed by atoms with Crippen LogP contribution in [0.15, 0.2) is 30.3 Å². The summed E-state index contributed by atoms with van der Waals surface area (Å²) in [6.45, 7) is 7.50. The third-order valence-electron chi connectivity index (χ3n) is 3.84. The van der Waals surface area contributed by atoms with Gasteiger partial charge in [-0.05, 0) is 37.7 Å². The summed E-state index contributed by atoms with van der Waals surface area (Å²) in [5, 5.41) is 3.81. The van der Waals surface area contributed by atoms with E-state index < -0.39 is 0 Å². The summed E-state index contributed by atoms with van der Waals surface area (Å²) in [7, 11) is 0. The van der Waals surface area contributed by atoms with Crippen molar-refractivity contribution >= 4 is 0 Å². The summed E-state index contributed by atoms with van der Waals surface area (Å²) in [6.07, 6.45) is 4.00. The minimum absolute atomic E-state index is 0.480. The molecular weight excluding hydrogens is 234 g/mol. The Balaban J connectivity index is 1.89. The van der Waals surface area contributed by atoms with Gasteiger partial charge < -0.3 is 10.1 Å². The summed E-state index contributed by atoms with van der Waals surface area (Å²) in [6, 6.07) is 11.9. The highest BCUT2D eigenvalue weighted by Crippen LogP contribution is 2.29. The zero-order chi connectivity index (χ0) is 13.7. The standard InChI is InChI=1S/C17H27NO/c1-4-19-16-11-15(12-16)18-17(10-13(2)3)14-8-6-5-7-9-14/h5-9,13,15-18H,4,10-12H2,1-3H3. The van der Waals surface area contributed by atoms with Crippen LogP contribution in [-0.2, 0) is 4.74 Å².